The number of carbonyl (C=O) groups is 2. The van der Waals surface area contributed by atoms with E-state index in [1.54, 1.807) is 53.0 Å². The Labute approximate surface area is 206 Å². The molecule has 0 aliphatic carbocycles. The molecule has 0 aliphatic heterocycles. The second-order valence-electron chi connectivity index (χ2n) is 7.99. The fraction of sp³-hybridized carbons (Fsp3) is 0.321. The monoisotopic (exact) mass is 477 g/mol. The first kappa shape index (κ1) is 25.7. The highest BCUT2D eigenvalue weighted by molar-refractivity contribution is 6.07. The van der Waals surface area contributed by atoms with Gasteiger partial charge >= 0.3 is 11.9 Å². The van der Waals surface area contributed by atoms with Gasteiger partial charge in [0.15, 0.2) is 11.5 Å². The van der Waals surface area contributed by atoms with Gasteiger partial charge in [0, 0.05) is 5.56 Å². The number of esters is 2. The molecule has 1 heterocycles. The number of hydrogen-bond acceptors (Lipinski definition) is 7. The predicted octanol–water partition coefficient (Wildman–Crippen LogP) is 5.61. The summed E-state index contributed by atoms with van der Waals surface area (Å²) in [6.45, 7) is 9.66. The number of aryl methyl sites for hydroxylation is 3. The lowest BCUT2D eigenvalue weighted by molar-refractivity contribution is 0.0525. The van der Waals surface area contributed by atoms with Gasteiger partial charge in [-0.25, -0.2) is 9.59 Å². The lowest BCUT2D eigenvalue weighted by Crippen LogP contribution is -2.17. The lowest BCUT2D eigenvalue weighted by atomic mass is 9.92. The Balaban J connectivity index is 2.13. The molecule has 3 rings (SSSR count). The van der Waals surface area contributed by atoms with Crippen LogP contribution in [0.1, 0.15) is 57.1 Å². The zero-order valence-electron chi connectivity index (χ0n) is 21.1. The molecule has 2 aromatic carbocycles. The highest BCUT2D eigenvalue weighted by atomic mass is 16.5. The van der Waals surface area contributed by atoms with Crippen LogP contribution in [-0.2, 0) is 16.1 Å². The van der Waals surface area contributed by atoms with Crippen LogP contribution in [0.15, 0.2) is 42.5 Å². The molecule has 7 nitrogen and oxygen atoms in total. The van der Waals surface area contributed by atoms with Gasteiger partial charge in [0.2, 0.25) is 0 Å². The summed E-state index contributed by atoms with van der Waals surface area (Å²) >= 11 is 0. The maximum absolute atomic E-state index is 12.9. The van der Waals surface area contributed by atoms with Gasteiger partial charge in [-0.3, -0.25) is 4.98 Å². The van der Waals surface area contributed by atoms with E-state index in [2.05, 4.69) is 11.1 Å². The maximum atomic E-state index is 12.9. The Hall–Kier alpha value is -3.87. The van der Waals surface area contributed by atoms with Crippen molar-refractivity contribution in [3.8, 4) is 22.6 Å². The Kier molecular flexibility index (Phi) is 8.47. The van der Waals surface area contributed by atoms with Gasteiger partial charge in [-0.2, -0.15) is 0 Å². The van der Waals surface area contributed by atoms with Gasteiger partial charge in [-0.05, 0) is 57.9 Å². The summed E-state index contributed by atoms with van der Waals surface area (Å²) in [4.78, 5) is 30.3. The molecule has 0 bridgehead atoms. The van der Waals surface area contributed by atoms with E-state index in [4.69, 9.17) is 18.9 Å². The van der Waals surface area contributed by atoms with Gasteiger partial charge in [0.05, 0.1) is 42.8 Å². The predicted molar refractivity (Wildman–Crippen MR) is 133 cm³/mol. The van der Waals surface area contributed by atoms with E-state index in [0.717, 1.165) is 11.1 Å². The molecule has 0 N–H and O–H groups in total. The minimum atomic E-state index is -0.559. The zero-order chi connectivity index (χ0) is 25.5. The Morgan fingerprint density at radius 3 is 2.00 bits per heavy atom. The smallest absolute Gasteiger partial charge is 0.340 e. The van der Waals surface area contributed by atoms with Crippen LogP contribution in [0.25, 0.3) is 11.1 Å². The van der Waals surface area contributed by atoms with Crippen molar-refractivity contribution in [1.82, 2.24) is 4.98 Å². The fourth-order valence-electron chi connectivity index (χ4n) is 3.95. The Bertz CT molecular complexity index is 1190. The van der Waals surface area contributed by atoms with E-state index in [1.165, 1.54) is 0 Å². The van der Waals surface area contributed by atoms with Gasteiger partial charge < -0.3 is 18.9 Å². The number of nitrogens with zero attached hydrogens (tertiary/aromatic N) is 1. The molecule has 0 fully saturated rings. The molecule has 0 amide bonds. The minimum absolute atomic E-state index is 0.190. The van der Waals surface area contributed by atoms with E-state index in [0.29, 0.717) is 40.6 Å². The van der Waals surface area contributed by atoms with Crippen LogP contribution in [0.5, 0.6) is 11.5 Å². The zero-order valence-corrected chi connectivity index (χ0v) is 21.1. The quantitative estimate of drug-likeness (QED) is 0.370. The molecule has 0 saturated heterocycles. The van der Waals surface area contributed by atoms with Crippen LogP contribution < -0.4 is 9.47 Å². The van der Waals surface area contributed by atoms with Crippen LogP contribution in [0.2, 0.25) is 0 Å². The molecular formula is C28H31NO6. The minimum Gasteiger partial charge on any atom is -0.493 e. The summed E-state index contributed by atoms with van der Waals surface area (Å²) in [6, 6.07) is 13.3. The number of methoxy groups -OCH3 is 1. The molecule has 0 saturated carbocycles. The molecule has 0 aliphatic rings. The van der Waals surface area contributed by atoms with Crippen LogP contribution in [0.4, 0.5) is 0 Å². The average molecular weight is 478 g/mol. The third kappa shape index (κ3) is 5.80. The molecule has 0 spiro atoms. The first-order valence-corrected chi connectivity index (χ1v) is 11.5. The second-order valence-corrected chi connectivity index (χ2v) is 7.99. The first-order valence-electron chi connectivity index (χ1n) is 11.5. The fourth-order valence-corrected chi connectivity index (χ4v) is 3.95. The van der Waals surface area contributed by atoms with Gasteiger partial charge in [0.1, 0.15) is 6.61 Å². The second kappa shape index (κ2) is 11.5. The van der Waals surface area contributed by atoms with E-state index in [-0.39, 0.29) is 24.3 Å². The number of rotatable bonds is 9. The first-order chi connectivity index (χ1) is 16.8. The van der Waals surface area contributed by atoms with Crippen molar-refractivity contribution in [3.63, 3.8) is 0 Å². The summed E-state index contributed by atoms with van der Waals surface area (Å²) in [5, 5.41) is 0. The van der Waals surface area contributed by atoms with E-state index in [1.807, 2.05) is 25.1 Å². The topological polar surface area (TPSA) is 84.0 Å². The van der Waals surface area contributed by atoms with Crippen molar-refractivity contribution in [1.29, 1.82) is 0 Å². The molecular weight excluding hydrogens is 446 g/mol. The van der Waals surface area contributed by atoms with E-state index >= 15 is 0 Å². The van der Waals surface area contributed by atoms with Crippen LogP contribution in [-0.4, -0.2) is 37.2 Å². The number of aromatic nitrogens is 1. The molecule has 3 aromatic rings. The molecule has 1 aromatic heterocycles. The SMILES string of the molecule is CCOC(=O)c1c(C)nc(C)c(C(=O)OCC)c1-c1ccc(OCc2cccc(C)c2)c(OC)c1. The third-order valence-corrected chi connectivity index (χ3v) is 5.45. The molecule has 0 radical (unpaired) electrons. The summed E-state index contributed by atoms with van der Waals surface area (Å²) < 4.78 is 22.2. The maximum Gasteiger partial charge on any atom is 0.340 e. The number of ether oxygens (including phenoxy) is 4. The number of carbonyl (C=O) groups excluding carboxylic acids is 2. The van der Waals surface area contributed by atoms with Crippen molar-refractivity contribution < 1.29 is 28.5 Å². The third-order valence-electron chi connectivity index (χ3n) is 5.45. The Morgan fingerprint density at radius 2 is 1.46 bits per heavy atom. The largest absolute Gasteiger partial charge is 0.493 e. The van der Waals surface area contributed by atoms with E-state index < -0.39 is 11.9 Å². The summed E-state index contributed by atoms with van der Waals surface area (Å²) in [6.07, 6.45) is 0. The average Bonchev–Trinajstić information content (AvgIpc) is 2.82. The number of benzene rings is 2. The summed E-state index contributed by atoms with van der Waals surface area (Å²) in [5.74, 6) is -0.115. The van der Waals surface area contributed by atoms with Gasteiger partial charge in [-0.1, -0.05) is 35.9 Å². The van der Waals surface area contributed by atoms with Crippen molar-refractivity contribution in [2.75, 3.05) is 20.3 Å². The normalized spacial score (nSPS) is 10.6. The highest BCUT2D eigenvalue weighted by Crippen LogP contribution is 2.38. The van der Waals surface area contributed by atoms with Gasteiger partial charge in [-0.15, -0.1) is 0 Å². The molecule has 0 unspecified atom stereocenters. The molecule has 7 heteroatoms. The van der Waals surface area contributed by atoms with Crippen LogP contribution in [0.3, 0.4) is 0 Å². The summed E-state index contributed by atoms with van der Waals surface area (Å²) in [5.41, 5.74) is 4.53. The van der Waals surface area contributed by atoms with Crippen molar-refractivity contribution in [2.45, 2.75) is 41.2 Å². The van der Waals surface area contributed by atoms with Crippen molar-refractivity contribution in [3.05, 3.63) is 76.1 Å². The van der Waals surface area contributed by atoms with Crippen molar-refractivity contribution in [2.24, 2.45) is 0 Å². The standard InChI is InChI=1S/C28H31NO6/c1-7-33-27(30)24-18(4)29-19(5)25(28(31)34-8-2)26(24)21-12-13-22(23(15-21)32-6)35-16-20-11-9-10-17(3)14-20/h9-15H,7-8,16H2,1-6H3. The molecule has 0 atom stereocenters. The number of pyridine rings is 1. The van der Waals surface area contributed by atoms with Crippen molar-refractivity contribution >= 4 is 11.9 Å². The van der Waals surface area contributed by atoms with E-state index in [9.17, 15) is 9.59 Å². The van der Waals surface area contributed by atoms with Crippen LogP contribution in [0, 0.1) is 20.8 Å². The number of hydrogen-bond donors (Lipinski definition) is 0. The molecule has 184 valence electrons. The van der Waals surface area contributed by atoms with Gasteiger partial charge in [0.25, 0.3) is 0 Å². The molecule has 35 heavy (non-hydrogen) atoms. The van der Waals surface area contributed by atoms with Crippen LogP contribution >= 0.6 is 0 Å². The Morgan fingerprint density at radius 1 is 0.829 bits per heavy atom. The summed E-state index contributed by atoms with van der Waals surface area (Å²) in [7, 11) is 1.54. The lowest BCUT2D eigenvalue weighted by Gasteiger charge is -2.19. The highest BCUT2D eigenvalue weighted by Gasteiger charge is 2.28.